The molecule has 0 fully saturated rings. The molecule has 4 nitrogen and oxygen atoms in total. The van der Waals surface area contributed by atoms with E-state index in [-0.39, 0.29) is 0 Å². The fourth-order valence-corrected chi connectivity index (χ4v) is 3.58. The molecule has 2 aromatic carbocycles. The van der Waals surface area contributed by atoms with Gasteiger partial charge in [0.25, 0.3) is 0 Å². The maximum absolute atomic E-state index is 5.95. The third-order valence-electron chi connectivity index (χ3n) is 3.95. The summed E-state index contributed by atoms with van der Waals surface area (Å²) in [6.45, 7) is 2.11. The lowest BCUT2D eigenvalue weighted by Gasteiger charge is -2.11. The van der Waals surface area contributed by atoms with Crippen LogP contribution in [0.15, 0.2) is 58.8 Å². The molecule has 120 valence electrons. The van der Waals surface area contributed by atoms with Crippen LogP contribution in [0.2, 0.25) is 5.02 Å². The first-order valence-electron chi connectivity index (χ1n) is 7.66. The van der Waals surface area contributed by atoms with Crippen molar-refractivity contribution in [2.75, 3.05) is 5.75 Å². The molecule has 1 aliphatic rings. The van der Waals surface area contributed by atoms with Gasteiger partial charge in [-0.2, -0.15) is 5.10 Å². The molecule has 0 bridgehead atoms. The van der Waals surface area contributed by atoms with Gasteiger partial charge in [-0.3, -0.25) is 0 Å². The Balaban J connectivity index is 1.62. The van der Waals surface area contributed by atoms with Crippen LogP contribution >= 0.6 is 23.4 Å². The van der Waals surface area contributed by atoms with Crippen molar-refractivity contribution in [2.24, 2.45) is 5.10 Å². The monoisotopic (exact) mass is 354 g/mol. The second kappa shape index (κ2) is 6.42. The van der Waals surface area contributed by atoms with Crippen molar-refractivity contribution in [1.82, 2.24) is 14.9 Å². The minimum absolute atomic E-state index is 0.721. The average molecular weight is 355 g/mol. The molecule has 0 spiro atoms. The Kier molecular flexibility index (Phi) is 4.12. The molecule has 0 N–H and O–H groups in total. The molecule has 6 heteroatoms. The van der Waals surface area contributed by atoms with E-state index < -0.39 is 0 Å². The summed E-state index contributed by atoms with van der Waals surface area (Å²) in [6, 6.07) is 16.0. The summed E-state index contributed by atoms with van der Waals surface area (Å²) >= 11 is 7.61. The van der Waals surface area contributed by atoms with E-state index in [0.717, 1.165) is 39.5 Å². The van der Waals surface area contributed by atoms with Crippen LogP contribution in [-0.2, 0) is 6.42 Å². The van der Waals surface area contributed by atoms with Crippen molar-refractivity contribution in [3.8, 4) is 0 Å². The maximum atomic E-state index is 5.95. The SMILES string of the molecule is Cc1ccccc1Cc1nc2n(n1)N=C(c1ccc(Cl)cc1)CS2. The van der Waals surface area contributed by atoms with Gasteiger partial charge in [-0.25, -0.2) is 4.98 Å². The molecule has 3 aromatic rings. The number of benzene rings is 2. The van der Waals surface area contributed by atoms with Gasteiger partial charge in [0.05, 0.1) is 5.71 Å². The fourth-order valence-electron chi connectivity index (χ4n) is 2.60. The number of halogens is 1. The van der Waals surface area contributed by atoms with E-state index in [1.807, 2.05) is 36.4 Å². The molecule has 0 saturated carbocycles. The van der Waals surface area contributed by atoms with Crippen molar-refractivity contribution in [3.05, 3.63) is 76.1 Å². The van der Waals surface area contributed by atoms with E-state index in [1.165, 1.54) is 11.1 Å². The van der Waals surface area contributed by atoms with Crippen molar-refractivity contribution in [2.45, 2.75) is 18.5 Å². The molecule has 24 heavy (non-hydrogen) atoms. The molecule has 1 aromatic heterocycles. The van der Waals surface area contributed by atoms with Crippen LogP contribution in [0.5, 0.6) is 0 Å². The lowest BCUT2D eigenvalue weighted by Crippen LogP contribution is -2.13. The lowest BCUT2D eigenvalue weighted by molar-refractivity contribution is 0.654. The Morgan fingerprint density at radius 3 is 2.71 bits per heavy atom. The van der Waals surface area contributed by atoms with Crippen molar-refractivity contribution in [1.29, 1.82) is 0 Å². The minimum Gasteiger partial charge on any atom is -0.204 e. The highest BCUT2D eigenvalue weighted by Gasteiger charge is 2.18. The topological polar surface area (TPSA) is 43.1 Å². The highest BCUT2D eigenvalue weighted by atomic mass is 35.5. The summed E-state index contributed by atoms with van der Waals surface area (Å²) in [6.07, 6.45) is 0.721. The third kappa shape index (κ3) is 3.09. The number of nitrogens with zero attached hydrogens (tertiary/aromatic N) is 4. The summed E-state index contributed by atoms with van der Waals surface area (Å²) in [5.74, 6) is 1.58. The van der Waals surface area contributed by atoms with Crippen LogP contribution in [-0.4, -0.2) is 26.3 Å². The van der Waals surface area contributed by atoms with E-state index in [2.05, 4.69) is 34.2 Å². The first kappa shape index (κ1) is 15.4. The molecule has 0 aliphatic carbocycles. The number of hydrogen-bond acceptors (Lipinski definition) is 4. The molecular formula is C18H15ClN4S. The Labute approximate surface area is 149 Å². The van der Waals surface area contributed by atoms with E-state index in [9.17, 15) is 0 Å². The summed E-state index contributed by atoms with van der Waals surface area (Å²) in [7, 11) is 0. The number of aromatic nitrogens is 3. The van der Waals surface area contributed by atoms with E-state index in [1.54, 1.807) is 16.6 Å². The Morgan fingerprint density at radius 1 is 1.12 bits per heavy atom. The molecule has 0 atom stereocenters. The molecular weight excluding hydrogens is 340 g/mol. The zero-order valence-electron chi connectivity index (χ0n) is 13.1. The highest BCUT2D eigenvalue weighted by molar-refractivity contribution is 7.99. The predicted octanol–water partition coefficient (Wildman–Crippen LogP) is 4.19. The Morgan fingerprint density at radius 2 is 1.92 bits per heavy atom. The van der Waals surface area contributed by atoms with Gasteiger partial charge in [0.2, 0.25) is 5.16 Å². The second-order valence-electron chi connectivity index (χ2n) is 5.65. The van der Waals surface area contributed by atoms with Crippen LogP contribution in [0.25, 0.3) is 0 Å². The average Bonchev–Trinajstić information content (AvgIpc) is 2.99. The third-order valence-corrected chi connectivity index (χ3v) is 5.13. The normalized spacial score (nSPS) is 13.5. The van der Waals surface area contributed by atoms with E-state index in [4.69, 9.17) is 11.6 Å². The van der Waals surface area contributed by atoms with Crippen molar-refractivity contribution in [3.63, 3.8) is 0 Å². The standard InChI is InChI=1S/C18H15ClN4S/c1-12-4-2-3-5-14(12)10-17-20-18-23(22-17)21-16(11-24-18)13-6-8-15(19)9-7-13/h2-9H,10-11H2,1H3. The van der Waals surface area contributed by atoms with Gasteiger partial charge in [-0.15, -0.1) is 9.89 Å². The van der Waals surface area contributed by atoms with Gasteiger partial charge < -0.3 is 0 Å². The van der Waals surface area contributed by atoms with Crippen LogP contribution in [0.4, 0.5) is 0 Å². The predicted molar refractivity (Wildman–Crippen MR) is 98.1 cm³/mol. The first-order chi connectivity index (χ1) is 11.7. The summed E-state index contributed by atoms with van der Waals surface area (Å²) in [4.78, 5) is 6.26. The fraction of sp³-hybridized carbons (Fsp3) is 0.167. The lowest BCUT2D eigenvalue weighted by atomic mass is 10.1. The van der Waals surface area contributed by atoms with Crippen LogP contribution in [0, 0.1) is 6.92 Å². The number of thioether (sulfide) groups is 1. The van der Waals surface area contributed by atoms with Crippen LogP contribution in [0.1, 0.15) is 22.5 Å². The zero-order valence-corrected chi connectivity index (χ0v) is 14.7. The van der Waals surface area contributed by atoms with Gasteiger partial charge in [0.1, 0.15) is 0 Å². The smallest absolute Gasteiger partial charge is 0.204 e. The molecule has 0 saturated heterocycles. The molecule has 0 radical (unpaired) electrons. The molecule has 1 aliphatic heterocycles. The van der Waals surface area contributed by atoms with Gasteiger partial charge in [-0.1, -0.05) is 59.8 Å². The minimum atomic E-state index is 0.721. The molecule has 0 unspecified atom stereocenters. The Bertz CT molecular complexity index is 915. The number of hydrogen-bond donors (Lipinski definition) is 0. The number of aryl methyl sites for hydroxylation is 1. The Hall–Kier alpha value is -2.11. The maximum Gasteiger partial charge on any atom is 0.211 e. The van der Waals surface area contributed by atoms with Gasteiger partial charge >= 0.3 is 0 Å². The van der Waals surface area contributed by atoms with Gasteiger partial charge in [-0.05, 0) is 35.7 Å². The first-order valence-corrected chi connectivity index (χ1v) is 9.02. The van der Waals surface area contributed by atoms with Crippen molar-refractivity contribution < 1.29 is 0 Å². The van der Waals surface area contributed by atoms with E-state index >= 15 is 0 Å². The molecule has 0 amide bonds. The molecule has 4 rings (SSSR count). The van der Waals surface area contributed by atoms with Gasteiger partial charge in [0, 0.05) is 17.2 Å². The highest BCUT2D eigenvalue weighted by Crippen LogP contribution is 2.24. The quantitative estimate of drug-likeness (QED) is 0.708. The second-order valence-corrected chi connectivity index (χ2v) is 7.02. The van der Waals surface area contributed by atoms with Gasteiger partial charge in [0.15, 0.2) is 5.82 Å². The largest absolute Gasteiger partial charge is 0.211 e. The molecule has 2 heterocycles. The summed E-state index contributed by atoms with van der Waals surface area (Å²) in [5.41, 5.74) is 4.54. The van der Waals surface area contributed by atoms with Crippen LogP contribution < -0.4 is 0 Å². The zero-order chi connectivity index (χ0) is 16.5. The van der Waals surface area contributed by atoms with Crippen LogP contribution in [0.3, 0.4) is 0 Å². The number of fused-ring (bicyclic) bond motifs is 1. The summed E-state index contributed by atoms with van der Waals surface area (Å²) < 4.78 is 0. The summed E-state index contributed by atoms with van der Waals surface area (Å²) in [5, 5.41) is 10.7. The number of rotatable bonds is 3. The van der Waals surface area contributed by atoms with E-state index in [0.29, 0.717) is 0 Å². The van der Waals surface area contributed by atoms with Crippen molar-refractivity contribution >= 4 is 29.1 Å².